The standard InChI is InChI=1S/C13H21N3/c1-5-14-7-9-16(8-1)13(11-2-3-11)12-4-6-15-10-12/h4,6,10-11,13-15H,1-3,5,7-9H2. The van der Waals surface area contributed by atoms with Crippen LogP contribution in [0.2, 0.25) is 0 Å². The number of aromatic amines is 1. The lowest BCUT2D eigenvalue weighted by Gasteiger charge is -2.30. The molecule has 3 rings (SSSR count). The molecule has 1 saturated carbocycles. The molecular formula is C13H21N3. The summed E-state index contributed by atoms with van der Waals surface area (Å²) in [5.74, 6) is 0.911. The van der Waals surface area contributed by atoms with Crippen LogP contribution in [0, 0.1) is 5.92 Å². The molecule has 1 aliphatic carbocycles. The van der Waals surface area contributed by atoms with Gasteiger partial charge in [-0.05, 0) is 43.4 Å². The molecular weight excluding hydrogens is 198 g/mol. The van der Waals surface area contributed by atoms with Gasteiger partial charge in [0, 0.05) is 38.1 Å². The average molecular weight is 219 g/mol. The monoisotopic (exact) mass is 219 g/mol. The lowest BCUT2D eigenvalue weighted by atomic mass is 10.0. The van der Waals surface area contributed by atoms with Crippen LogP contribution in [0.1, 0.15) is 30.9 Å². The Bertz CT molecular complexity index is 308. The van der Waals surface area contributed by atoms with Gasteiger partial charge in [-0.25, -0.2) is 0 Å². The molecule has 1 unspecified atom stereocenters. The average Bonchev–Trinajstić information content (AvgIpc) is 3.04. The summed E-state index contributed by atoms with van der Waals surface area (Å²) in [5.41, 5.74) is 1.49. The zero-order chi connectivity index (χ0) is 10.8. The largest absolute Gasteiger partial charge is 0.367 e. The van der Waals surface area contributed by atoms with Crippen molar-refractivity contribution in [2.75, 3.05) is 26.2 Å². The van der Waals surface area contributed by atoms with E-state index >= 15 is 0 Å². The predicted molar refractivity (Wildman–Crippen MR) is 65.3 cm³/mol. The van der Waals surface area contributed by atoms with Crippen molar-refractivity contribution >= 4 is 0 Å². The van der Waals surface area contributed by atoms with Crippen molar-refractivity contribution in [3.05, 3.63) is 24.0 Å². The maximum absolute atomic E-state index is 3.49. The maximum Gasteiger partial charge on any atom is 0.0391 e. The molecule has 88 valence electrons. The van der Waals surface area contributed by atoms with Gasteiger partial charge >= 0.3 is 0 Å². The van der Waals surface area contributed by atoms with Crippen LogP contribution in [0.3, 0.4) is 0 Å². The summed E-state index contributed by atoms with van der Waals surface area (Å²) < 4.78 is 0. The van der Waals surface area contributed by atoms with Crippen LogP contribution in [0.5, 0.6) is 0 Å². The molecule has 1 saturated heterocycles. The van der Waals surface area contributed by atoms with Crippen LogP contribution in [0.25, 0.3) is 0 Å². The van der Waals surface area contributed by atoms with E-state index in [4.69, 9.17) is 0 Å². The molecule has 3 nitrogen and oxygen atoms in total. The van der Waals surface area contributed by atoms with E-state index < -0.39 is 0 Å². The van der Waals surface area contributed by atoms with Gasteiger partial charge in [0.1, 0.15) is 0 Å². The molecule has 0 spiro atoms. The molecule has 2 heterocycles. The van der Waals surface area contributed by atoms with Gasteiger partial charge in [-0.1, -0.05) is 0 Å². The zero-order valence-electron chi connectivity index (χ0n) is 9.78. The molecule has 2 N–H and O–H groups in total. The van der Waals surface area contributed by atoms with Crippen molar-refractivity contribution in [1.82, 2.24) is 15.2 Å². The van der Waals surface area contributed by atoms with Gasteiger partial charge in [0.2, 0.25) is 0 Å². The number of nitrogens with zero attached hydrogens (tertiary/aromatic N) is 1. The normalized spacial score (nSPS) is 25.2. The van der Waals surface area contributed by atoms with Gasteiger partial charge in [0.25, 0.3) is 0 Å². The van der Waals surface area contributed by atoms with Crippen LogP contribution in [0.15, 0.2) is 18.5 Å². The second-order valence-electron chi connectivity index (χ2n) is 5.07. The van der Waals surface area contributed by atoms with Crippen LogP contribution >= 0.6 is 0 Å². The first-order chi connectivity index (χ1) is 7.95. The zero-order valence-corrected chi connectivity index (χ0v) is 9.78. The Morgan fingerprint density at radius 1 is 1.25 bits per heavy atom. The van der Waals surface area contributed by atoms with E-state index in [2.05, 4.69) is 33.7 Å². The van der Waals surface area contributed by atoms with Crippen molar-refractivity contribution in [3.8, 4) is 0 Å². The molecule has 2 fully saturated rings. The third-order valence-electron chi connectivity index (χ3n) is 3.80. The van der Waals surface area contributed by atoms with Gasteiger partial charge < -0.3 is 10.3 Å². The van der Waals surface area contributed by atoms with E-state index in [0.717, 1.165) is 12.5 Å². The maximum atomic E-state index is 3.49. The van der Waals surface area contributed by atoms with E-state index in [1.165, 1.54) is 44.5 Å². The van der Waals surface area contributed by atoms with Crippen LogP contribution < -0.4 is 5.32 Å². The van der Waals surface area contributed by atoms with E-state index in [1.807, 2.05) is 0 Å². The first kappa shape index (κ1) is 10.4. The number of H-pyrrole nitrogens is 1. The summed E-state index contributed by atoms with van der Waals surface area (Å²) in [6.45, 7) is 4.78. The minimum atomic E-state index is 0.672. The molecule has 1 aliphatic heterocycles. The highest BCUT2D eigenvalue weighted by Gasteiger charge is 2.36. The van der Waals surface area contributed by atoms with E-state index in [-0.39, 0.29) is 0 Å². The minimum Gasteiger partial charge on any atom is -0.367 e. The fraction of sp³-hybridized carbons (Fsp3) is 0.692. The molecule has 0 aromatic carbocycles. The van der Waals surface area contributed by atoms with Crippen molar-refractivity contribution in [1.29, 1.82) is 0 Å². The van der Waals surface area contributed by atoms with Gasteiger partial charge in [-0.2, -0.15) is 0 Å². The summed E-state index contributed by atoms with van der Waals surface area (Å²) in [5, 5.41) is 3.49. The van der Waals surface area contributed by atoms with Gasteiger partial charge in [-0.3, -0.25) is 4.90 Å². The lowest BCUT2D eigenvalue weighted by Crippen LogP contribution is -2.33. The highest BCUT2D eigenvalue weighted by atomic mass is 15.2. The van der Waals surface area contributed by atoms with Crippen LogP contribution in [0.4, 0.5) is 0 Å². The van der Waals surface area contributed by atoms with E-state index in [1.54, 1.807) is 0 Å². The Morgan fingerprint density at radius 3 is 2.94 bits per heavy atom. The summed E-state index contributed by atoms with van der Waals surface area (Å²) >= 11 is 0. The molecule has 0 radical (unpaired) electrons. The Hall–Kier alpha value is -0.800. The number of hydrogen-bond donors (Lipinski definition) is 2. The van der Waals surface area contributed by atoms with Crippen LogP contribution in [-0.2, 0) is 0 Å². The van der Waals surface area contributed by atoms with Crippen LogP contribution in [-0.4, -0.2) is 36.1 Å². The molecule has 0 bridgehead atoms. The van der Waals surface area contributed by atoms with Gasteiger partial charge in [-0.15, -0.1) is 0 Å². The van der Waals surface area contributed by atoms with E-state index in [9.17, 15) is 0 Å². The summed E-state index contributed by atoms with van der Waals surface area (Å²) in [4.78, 5) is 5.89. The SMILES string of the molecule is c1cc(C(C2CC2)N2CCCNCC2)c[nH]1. The van der Waals surface area contributed by atoms with Crippen molar-refractivity contribution < 1.29 is 0 Å². The second kappa shape index (κ2) is 4.60. The minimum absolute atomic E-state index is 0.672. The fourth-order valence-corrected chi connectivity index (χ4v) is 2.86. The van der Waals surface area contributed by atoms with Crippen molar-refractivity contribution in [2.24, 2.45) is 5.92 Å². The first-order valence-corrected chi connectivity index (χ1v) is 6.52. The van der Waals surface area contributed by atoms with Gasteiger partial charge in [0.05, 0.1) is 0 Å². The Balaban J connectivity index is 1.76. The molecule has 1 aromatic heterocycles. The van der Waals surface area contributed by atoms with Gasteiger partial charge in [0.15, 0.2) is 0 Å². The third-order valence-corrected chi connectivity index (χ3v) is 3.80. The molecule has 16 heavy (non-hydrogen) atoms. The smallest absolute Gasteiger partial charge is 0.0391 e. The summed E-state index contributed by atoms with van der Waals surface area (Å²) in [7, 11) is 0. The summed E-state index contributed by atoms with van der Waals surface area (Å²) in [6.07, 6.45) is 8.36. The lowest BCUT2D eigenvalue weighted by molar-refractivity contribution is 0.189. The van der Waals surface area contributed by atoms with Crippen molar-refractivity contribution in [2.45, 2.75) is 25.3 Å². The number of hydrogen-bond acceptors (Lipinski definition) is 2. The van der Waals surface area contributed by atoms with E-state index in [0.29, 0.717) is 6.04 Å². The topological polar surface area (TPSA) is 31.1 Å². The molecule has 1 aromatic rings. The number of nitrogens with one attached hydrogen (secondary N) is 2. The number of rotatable bonds is 3. The Labute approximate surface area is 97.2 Å². The predicted octanol–water partition coefficient (Wildman–Crippen LogP) is 1.76. The quantitative estimate of drug-likeness (QED) is 0.811. The second-order valence-corrected chi connectivity index (χ2v) is 5.07. The number of aromatic nitrogens is 1. The molecule has 2 aliphatic rings. The Kier molecular flexibility index (Phi) is 2.98. The highest BCUT2D eigenvalue weighted by molar-refractivity contribution is 5.17. The Morgan fingerprint density at radius 2 is 2.19 bits per heavy atom. The van der Waals surface area contributed by atoms with Crippen molar-refractivity contribution in [3.63, 3.8) is 0 Å². The first-order valence-electron chi connectivity index (χ1n) is 6.52. The molecule has 3 heteroatoms. The third kappa shape index (κ3) is 2.15. The fourth-order valence-electron chi connectivity index (χ4n) is 2.86. The highest BCUT2D eigenvalue weighted by Crippen LogP contribution is 2.44. The molecule has 0 amide bonds. The summed E-state index contributed by atoms with van der Waals surface area (Å²) in [6, 6.07) is 2.92. The molecule has 1 atom stereocenters.